The van der Waals surface area contributed by atoms with Crippen molar-refractivity contribution >= 4 is 11.6 Å². The third-order valence-electron chi connectivity index (χ3n) is 3.94. The Labute approximate surface area is 92.8 Å². The lowest BCUT2D eigenvalue weighted by Crippen LogP contribution is -2.35. The van der Waals surface area contributed by atoms with E-state index in [0.717, 1.165) is 17.8 Å². The molecule has 2 fully saturated rings. The van der Waals surface area contributed by atoms with E-state index >= 15 is 0 Å². The van der Waals surface area contributed by atoms with Gasteiger partial charge in [-0.2, -0.15) is 0 Å². The van der Waals surface area contributed by atoms with Crippen molar-refractivity contribution in [2.45, 2.75) is 51.0 Å². The largest absolute Gasteiger partial charge is 0.300 e. The quantitative estimate of drug-likeness (QED) is 0.651. The maximum absolute atomic E-state index is 5.76. The predicted octanol–water partition coefficient (Wildman–Crippen LogP) is 3.27. The first-order chi connectivity index (χ1) is 6.92. The maximum atomic E-state index is 5.76. The Morgan fingerprint density at radius 2 is 1.86 bits per heavy atom. The maximum Gasteiger partial charge on any atom is 0.0235 e. The summed E-state index contributed by atoms with van der Waals surface area (Å²) in [5.41, 5.74) is 0. The first-order valence-electron chi connectivity index (χ1n) is 6.22. The van der Waals surface area contributed by atoms with Gasteiger partial charge in [0.15, 0.2) is 0 Å². The molecule has 0 N–H and O–H groups in total. The van der Waals surface area contributed by atoms with E-state index in [1.165, 1.54) is 58.0 Å². The molecule has 1 saturated heterocycles. The van der Waals surface area contributed by atoms with E-state index in [9.17, 15) is 0 Å². The zero-order chi connectivity index (χ0) is 9.80. The Morgan fingerprint density at radius 1 is 1.07 bits per heavy atom. The second kappa shape index (κ2) is 5.37. The highest BCUT2D eigenvalue weighted by atomic mass is 35.5. The van der Waals surface area contributed by atoms with Gasteiger partial charge in [0.2, 0.25) is 0 Å². The Balaban J connectivity index is 1.82. The number of halogens is 1. The molecule has 0 radical (unpaired) electrons. The van der Waals surface area contributed by atoms with Crippen LogP contribution in [0.25, 0.3) is 0 Å². The fraction of sp³-hybridized carbons (Fsp3) is 1.00. The first-order valence-corrected chi connectivity index (χ1v) is 6.75. The van der Waals surface area contributed by atoms with Crippen molar-refractivity contribution in [3.63, 3.8) is 0 Å². The molecule has 14 heavy (non-hydrogen) atoms. The van der Waals surface area contributed by atoms with E-state index in [1.54, 1.807) is 0 Å². The Kier molecular flexibility index (Phi) is 4.12. The molecule has 82 valence electrons. The molecule has 1 unspecified atom stereocenters. The van der Waals surface area contributed by atoms with Crippen LogP contribution in [0.5, 0.6) is 0 Å². The Hall–Kier alpha value is 0.250. The van der Waals surface area contributed by atoms with Crippen LogP contribution in [0.1, 0.15) is 44.9 Å². The van der Waals surface area contributed by atoms with Gasteiger partial charge in [0.25, 0.3) is 0 Å². The van der Waals surface area contributed by atoms with E-state index in [1.807, 2.05) is 0 Å². The van der Waals surface area contributed by atoms with Crippen molar-refractivity contribution < 1.29 is 0 Å². The lowest BCUT2D eigenvalue weighted by Gasteiger charge is -2.29. The molecule has 1 saturated carbocycles. The van der Waals surface area contributed by atoms with E-state index in [4.69, 9.17) is 11.6 Å². The normalized spacial score (nSPS) is 30.2. The minimum atomic E-state index is 0.827. The molecular weight excluding hydrogens is 194 g/mol. The highest BCUT2D eigenvalue weighted by Crippen LogP contribution is 2.35. The van der Waals surface area contributed by atoms with Crippen LogP contribution in [-0.4, -0.2) is 29.9 Å². The van der Waals surface area contributed by atoms with Crippen molar-refractivity contribution in [3.05, 3.63) is 0 Å². The zero-order valence-electron chi connectivity index (χ0n) is 9.05. The first kappa shape index (κ1) is 10.8. The summed E-state index contributed by atoms with van der Waals surface area (Å²) in [5.74, 6) is 1.85. The molecule has 0 bridgehead atoms. The van der Waals surface area contributed by atoms with Gasteiger partial charge in [0.1, 0.15) is 0 Å². The van der Waals surface area contributed by atoms with E-state index in [-0.39, 0.29) is 0 Å². The molecule has 1 heterocycles. The molecule has 2 aliphatic rings. The molecule has 0 spiro atoms. The van der Waals surface area contributed by atoms with Crippen molar-refractivity contribution in [1.29, 1.82) is 0 Å². The lowest BCUT2D eigenvalue weighted by atomic mass is 9.96. The number of alkyl halides is 1. The minimum Gasteiger partial charge on any atom is -0.300 e. The molecular formula is C12H22ClN. The Morgan fingerprint density at radius 3 is 2.57 bits per heavy atom. The standard InChI is InChI=1S/C12H22ClN/c13-8-4-10-14-9-3-7-12(14)11-5-1-2-6-11/h11-12H,1-10H2. The summed E-state index contributed by atoms with van der Waals surface area (Å²) in [6.45, 7) is 2.57. The van der Waals surface area contributed by atoms with E-state index in [2.05, 4.69) is 4.90 Å². The average Bonchev–Trinajstić information content (AvgIpc) is 2.84. The van der Waals surface area contributed by atoms with Gasteiger partial charge in [0, 0.05) is 11.9 Å². The van der Waals surface area contributed by atoms with Gasteiger partial charge in [-0.15, -0.1) is 11.6 Å². The van der Waals surface area contributed by atoms with Gasteiger partial charge in [-0.05, 0) is 51.1 Å². The van der Waals surface area contributed by atoms with Crippen LogP contribution in [0.15, 0.2) is 0 Å². The topological polar surface area (TPSA) is 3.24 Å². The Bertz CT molecular complexity index is 166. The molecule has 1 aliphatic carbocycles. The van der Waals surface area contributed by atoms with E-state index < -0.39 is 0 Å². The highest BCUT2D eigenvalue weighted by Gasteiger charge is 2.32. The van der Waals surface area contributed by atoms with E-state index in [0.29, 0.717) is 0 Å². The van der Waals surface area contributed by atoms with Crippen LogP contribution in [-0.2, 0) is 0 Å². The van der Waals surface area contributed by atoms with Crippen LogP contribution in [0.3, 0.4) is 0 Å². The van der Waals surface area contributed by atoms with Gasteiger partial charge in [-0.3, -0.25) is 0 Å². The second-order valence-corrected chi connectivity index (χ2v) is 5.21. The van der Waals surface area contributed by atoms with Crippen molar-refractivity contribution in [2.75, 3.05) is 19.0 Å². The smallest absolute Gasteiger partial charge is 0.0235 e. The minimum absolute atomic E-state index is 0.827. The van der Waals surface area contributed by atoms with Crippen molar-refractivity contribution in [1.82, 2.24) is 4.90 Å². The lowest BCUT2D eigenvalue weighted by molar-refractivity contribution is 0.191. The number of hydrogen-bond donors (Lipinski definition) is 0. The predicted molar refractivity (Wildman–Crippen MR) is 61.9 cm³/mol. The summed E-state index contributed by atoms with van der Waals surface area (Å²) in [5, 5.41) is 0. The summed E-state index contributed by atoms with van der Waals surface area (Å²) in [4.78, 5) is 2.71. The van der Waals surface area contributed by atoms with Gasteiger partial charge < -0.3 is 4.90 Å². The van der Waals surface area contributed by atoms with Gasteiger partial charge in [0.05, 0.1) is 0 Å². The monoisotopic (exact) mass is 215 g/mol. The van der Waals surface area contributed by atoms with Gasteiger partial charge in [-0.1, -0.05) is 12.8 Å². The zero-order valence-corrected chi connectivity index (χ0v) is 9.81. The number of hydrogen-bond acceptors (Lipinski definition) is 1. The van der Waals surface area contributed by atoms with Crippen LogP contribution in [0.4, 0.5) is 0 Å². The summed E-state index contributed by atoms with van der Waals surface area (Å²) in [6.07, 6.45) is 9.97. The van der Waals surface area contributed by atoms with Gasteiger partial charge >= 0.3 is 0 Å². The molecule has 1 aliphatic heterocycles. The average molecular weight is 216 g/mol. The second-order valence-electron chi connectivity index (χ2n) is 4.83. The summed E-state index contributed by atoms with van der Waals surface area (Å²) in [7, 11) is 0. The van der Waals surface area contributed by atoms with Crippen LogP contribution >= 0.6 is 11.6 Å². The van der Waals surface area contributed by atoms with Crippen LogP contribution in [0, 0.1) is 5.92 Å². The highest BCUT2D eigenvalue weighted by molar-refractivity contribution is 6.17. The van der Waals surface area contributed by atoms with Crippen LogP contribution in [0.2, 0.25) is 0 Å². The number of nitrogens with zero attached hydrogens (tertiary/aromatic N) is 1. The molecule has 0 amide bonds. The SMILES string of the molecule is ClCCCN1CCCC1C1CCCC1. The third kappa shape index (κ3) is 2.43. The molecule has 2 rings (SSSR count). The molecule has 0 aromatic carbocycles. The molecule has 1 atom stereocenters. The van der Waals surface area contributed by atoms with Crippen molar-refractivity contribution in [3.8, 4) is 0 Å². The molecule has 0 aromatic rings. The number of rotatable bonds is 4. The van der Waals surface area contributed by atoms with Gasteiger partial charge in [-0.25, -0.2) is 0 Å². The fourth-order valence-corrected chi connectivity index (χ4v) is 3.39. The van der Waals surface area contributed by atoms with Crippen LogP contribution < -0.4 is 0 Å². The third-order valence-corrected chi connectivity index (χ3v) is 4.20. The molecule has 2 heteroatoms. The van der Waals surface area contributed by atoms with Crippen molar-refractivity contribution in [2.24, 2.45) is 5.92 Å². The molecule has 0 aromatic heterocycles. The summed E-state index contributed by atoms with van der Waals surface area (Å²) >= 11 is 5.76. The molecule has 1 nitrogen and oxygen atoms in total. The summed E-state index contributed by atoms with van der Waals surface area (Å²) < 4.78 is 0. The summed E-state index contributed by atoms with van der Waals surface area (Å²) in [6, 6.07) is 0.917. The fourth-order valence-electron chi connectivity index (χ4n) is 3.27. The number of likely N-dealkylation sites (tertiary alicyclic amines) is 1.